The molecule has 0 amide bonds. The van der Waals surface area contributed by atoms with Gasteiger partial charge in [0.2, 0.25) is 0 Å². The maximum Gasteiger partial charge on any atom is 0.353 e. The Morgan fingerprint density at radius 3 is 2.57 bits per heavy atom. The van der Waals surface area contributed by atoms with Crippen LogP contribution in [0.4, 0.5) is 0 Å². The number of benzene rings is 1. The van der Waals surface area contributed by atoms with Crippen molar-refractivity contribution < 1.29 is 23.7 Å². The Labute approximate surface area is 133 Å². The highest BCUT2D eigenvalue weighted by molar-refractivity contribution is 7.80. The molecular weight excluding hydrogens is 312 g/mol. The zero-order valence-corrected chi connectivity index (χ0v) is 12.7. The van der Waals surface area contributed by atoms with E-state index in [-0.39, 0.29) is 28.8 Å². The largest absolute Gasteiger partial charge is 0.453 e. The minimum Gasteiger partial charge on any atom is -0.453 e. The molecule has 21 heavy (non-hydrogen) atoms. The van der Waals surface area contributed by atoms with Gasteiger partial charge >= 0.3 is 10.5 Å². The number of hydrogen-bond donors (Lipinski definition) is 0. The van der Waals surface area contributed by atoms with Gasteiger partial charge in [0.15, 0.2) is 18.3 Å². The van der Waals surface area contributed by atoms with Gasteiger partial charge in [0.25, 0.3) is 0 Å². The second-order valence-electron chi connectivity index (χ2n) is 4.71. The average molecular weight is 326 g/mol. The molecule has 2 fully saturated rings. The highest BCUT2D eigenvalue weighted by Gasteiger charge is 2.44. The zero-order chi connectivity index (χ0) is 14.7. The lowest BCUT2D eigenvalue weighted by atomic mass is 10.1. The summed E-state index contributed by atoms with van der Waals surface area (Å²) in [6, 6.07) is 9.90. The molecule has 1 aromatic carbocycles. The van der Waals surface area contributed by atoms with Crippen molar-refractivity contribution in [3.63, 3.8) is 0 Å². The fourth-order valence-corrected chi connectivity index (χ4v) is 2.65. The summed E-state index contributed by atoms with van der Waals surface area (Å²) in [6.07, 6.45) is -1.01. The minimum absolute atomic E-state index is 0.106. The van der Waals surface area contributed by atoms with Gasteiger partial charge in [0.1, 0.15) is 6.61 Å². The van der Waals surface area contributed by atoms with E-state index >= 15 is 0 Å². The molecule has 0 radical (unpaired) electrons. The highest BCUT2D eigenvalue weighted by Crippen LogP contribution is 2.24. The standard InChI is InChI=1S/C14H14O5S2/c20-13-16-8-11(17-13)12-10(18-14(21)19-12)7-15-6-9-4-2-1-3-5-9/h1-5,10-12H,6-8H2/t10-,11+,12-/m0/s1. The van der Waals surface area contributed by atoms with Crippen molar-refractivity contribution >= 4 is 34.9 Å². The Hall–Kier alpha value is -1.44. The molecule has 2 aliphatic rings. The SMILES string of the molecule is S=C1O[C@H]([C@H]2COC(=S)O2)[C@H](COCc2ccccc2)O1. The van der Waals surface area contributed by atoms with Crippen LogP contribution in [0.5, 0.6) is 0 Å². The smallest absolute Gasteiger partial charge is 0.353 e. The van der Waals surface area contributed by atoms with E-state index in [1.54, 1.807) is 0 Å². The summed E-state index contributed by atoms with van der Waals surface area (Å²) >= 11 is 9.80. The first-order valence-electron chi connectivity index (χ1n) is 6.55. The molecule has 112 valence electrons. The van der Waals surface area contributed by atoms with Crippen LogP contribution in [0.25, 0.3) is 0 Å². The number of thiocarbonyl (C=S) groups is 2. The van der Waals surface area contributed by atoms with Gasteiger partial charge in [-0.05, 0) is 5.56 Å². The first kappa shape index (κ1) is 14.5. The van der Waals surface area contributed by atoms with Gasteiger partial charge in [-0.15, -0.1) is 0 Å². The Kier molecular flexibility index (Phi) is 4.52. The molecule has 0 N–H and O–H groups in total. The fourth-order valence-electron chi connectivity index (χ4n) is 2.22. The second-order valence-corrected chi connectivity index (χ2v) is 5.37. The van der Waals surface area contributed by atoms with Crippen LogP contribution >= 0.6 is 24.4 Å². The van der Waals surface area contributed by atoms with E-state index in [1.165, 1.54) is 0 Å². The molecule has 0 unspecified atom stereocenters. The van der Waals surface area contributed by atoms with Crippen LogP contribution in [0.3, 0.4) is 0 Å². The molecule has 2 saturated heterocycles. The summed E-state index contributed by atoms with van der Waals surface area (Å²) in [6.45, 7) is 1.19. The molecular formula is C14H14O5S2. The Morgan fingerprint density at radius 2 is 1.86 bits per heavy atom. The van der Waals surface area contributed by atoms with E-state index in [9.17, 15) is 0 Å². The van der Waals surface area contributed by atoms with Crippen molar-refractivity contribution in [3.05, 3.63) is 35.9 Å². The lowest BCUT2D eigenvalue weighted by Gasteiger charge is -2.19. The molecule has 0 spiro atoms. The molecule has 0 aliphatic carbocycles. The molecule has 2 aliphatic heterocycles. The average Bonchev–Trinajstić information content (AvgIpc) is 3.06. The summed E-state index contributed by atoms with van der Waals surface area (Å²) < 4.78 is 27.1. The topological polar surface area (TPSA) is 46.2 Å². The summed E-state index contributed by atoms with van der Waals surface area (Å²) in [4.78, 5) is 0. The van der Waals surface area contributed by atoms with Crippen molar-refractivity contribution in [3.8, 4) is 0 Å². The van der Waals surface area contributed by atoms with Gasteiger partial charge in [-0.25, -0.2) is 0 Å². The first-order chi connectivity index (χ1) is 10.2. The van der Waals surface area contributed by atoms with Crippen molar-refractivity contribution in [2.24, 2.45) is 0 Å². The number of ether oxygens (including phenoxy) is 5. The molecule has 0 aromatic heterocycles. The van der Waals surface area contributed by atoms with Crippen molar-refractivity contribution in [1.82, 2.24) is 0 Å². The Bertz CT molecular complexity index is 521. The van der Waals surface area contributed by atoms with Gasteiger partial charge in [-0.1, -0.05) is 30.3 Å². The lowest BCUT2D eigenvalue weighted by molar-refractivity contribution is -0.00969. The normalized spacial score (nSPS) is 27.7. The molecule has 0 saturated carbocycles. The van der Waals surface area contributed by atoms with E-state index in [4.69, 9.17) is 48.1 Å². The van der Waals surface area contributed by atoms with Crippen LogP contribution in [-0.4, -0.2) is 42.0 Å². The zero-order valence-electron chi connectivity index (χ0n) is 11.1. The summed E-state index contributed by atoms with van der Waals surface area (Å²) in [7, 11) is 0. The number of rotatable bonds is 5. The molecule has 2 heterocycles. The van der Waals surface area contributed by atoms with Crippen LogP contribution in [0.15, 0.2) is 30.3 Å². The van der Waals surface area contributed by atoms with Crippen LogP contribution < -0.4 is 0 Å². The quantitative estimate of drug-likeness (QED) is 0.767. The van der Waals surface area contributed by atoms with E-state index in [1.807, 2.05) is 30.3 Å². The maximum absolute atomic E-state index is 5.67. The van der Waals surface area contributed by atoms with E-state index in [0.717, 1.165) is 5.56 Å². The van der Waals surface area contributed by atoms with Crippen molar-refractivity contribution in [2.45, 2.75) is 24.9 Å². The van der Waals surface area contributed by atoms with Crippen LogP contribution in [0.2, 0.25) is 0 Å². The predicted octanol–water partition coefficient (Wildman–Crippen LogP) is 1.97. The van der Waals surface area contributed by atoms with E-state index < -0.39 is 0 Å². The Balaban J connectivity index is 1.53. The predicted molar refractivity (Wildman–Crippen MR) is 81.9 cm³/mol. The van der Waals surface area contributed by atoms with E-state index in [2.05, 4.69) is 0 Å². The minimum atomic E-state index is -0.367. The summed E-state index contributed by atoms with van der Waals surface area (Å²) in [5.41, 5.74) is 1.09. The van der Waals surface area contributed by atoms with E-state index in [0.29, 0.717) is 19.8 Å². The third-order valence-electron chi connectivity index (χ3n) is 3.22. The lowest BCUT2D eigenvalue weighted by Crippen LogP contribution is -2.39. The molecule has 7 heteroatoms. The molecule has 5 nitrogen and oxygen atoms in total. The van der Waals surface area contributed by atoms with Gasteiger partial charge in [0.05, 0.1) is 13.2 Å². The molecule has 0 bridgehead atoms. The first-order valence-corrected chi connectivity index (χ1v) is 7.36. The Morgan fingerprint density at radius 1 is 1.05 bits per heavy atom. The second kappa shape index (κ2) is 6.55. The van der Waals surface area contributed by atoms with Gasteiger partial charge in [-0.2, -0.15) is 0 Å². The van der Waals surface area contributed by atoms with Crippen LogP contribution in [0, 0.1) is 0 Å². The maximum atomic E-state index is 5.67. The summed E-state index contributed by atoms with van der Waals surface area (Å²) in [5.74, 6) is 0. The molecule has 3 atom stereocenters. The summed E-state index contributed by atoms with van der Waals surface area (Å²) in [5, 5.41) is 0.236. The monoisotopic (exact) mass is 326 g/mol. The highest BCUT2D eigenvalue weighted by atomic mass is 32.1. The van der Waals surface area contributed by atoms with Crippen LogP contribution in [0.1, 0.15) is 5.56 Å². The van der Waals surface area contributed by atoms with Gasteiger partial charge < -0.3 is 23.7 Å². The third kappa shape index (κ3) is 3.61. The van der Waals surface area contributed by atoms with Crippen molar-refractivity contribution in [1.29, 1.82) is 0 Å². The van der Waals surface area contributed by atoms with Crippen LogP contribution in [-0.2, 0) is 30.3 Å². The molecule has 1 aromatic rings. The third-order valence-corrected chi connectivity index (χ3v) is 3.63. The van der Waals surface area contributed by atoms with Gasteiger partial charge in [0, 0.05) is 24.4 Å². The molecule has 3 rings (SSSR count). The fraction of sp³-hybridized carbons (Fsp3) is 0.429. The van der Waals surface area contributed by atoms with Crippen molar-refractivity contribution in [2.75, 3.05) is 13.2 Å². The van der Waals surface area contributed by atoms with Gasteiger partial charge in [-0.3, -0.25) is 0 Å². The number of hydrogen-bond acceptors (Lipinski definition) is 7.